The van der Waals surface area contributed by atoms with E-state index in [1.807, 2.05) is 12.5 Å². The maximum absolute atomic E-state index is 11.4. The maximum Gasteiger partial charge on any atom is 0.344 e. The van der Waals surface area contributed by atoms with Gasteiger partial charge in [-0.2, -0.15) is 0 Å². The highest BCUT2D eigenvalue weighted by molar-refractivity contribution is 8.42. The monoisotopic (exact) mass is 236 g/mol. The first-order valence-corrected chi connectivity index (χ1v) is 7.99. The molecule has 0 amide bonds. The molecule has 2 unspecified atom stereocenters. The average molecular weight is 236 g/mol. The first-order valence-electron chi connectivity index (χ1n) is 4.97. The van der Waals surface area contributed by atoms with E-state index in [4.69, 9.17) is 14.0 Å². The van der Waals surface area contributed by atoms with Crippen molar-refractivity contribution >= 4 is 20.9 Å². The molecule has 0 aliphatic carbocycles. The van der Waals surface area contributed by atoms with Gasteiger partial charge in [-0.15, -0.1) is 9.03 Å². The van der Waals surface area contributed by atoms with Crippen molar-refractivity contribution in [3.63, 3.8) is 0 Å². The Kier molecular flexibility index (Phi) is 3.28. The van der Waals surface area contributed by atoms with Crippen LogP contribution in [0.3, 0.4) is 0 Å². The second kappa shape index (κ2) is 3.88. The summed E-state index contributed by atoms with van der Waals surface area (Å²) < 4.78 is 10.9. The van der Waals surface area contributed by atoms with Crippen LogP contribution in [-0.4, -0.2) is 47.6 Å². The lowest BCUT2D eigenvalue weighted by molar-refractivity contribution is -0.142. The number of ether oxygens (including phenoxy) is 1. The van der Waals surface area contributed by atoms with E-state index in [0.29, 0.717) is 6.61 Å². The summed E-state index contributed by atoms with van der Waals surface area (Å²) in [5.74, 6) is 3.42. The summed E-state index contributed by atoms with van der Waals surface area (Å²) in [6.45, 7) is 2.08. The Balaban J connectivity index is 2.78. The van der Waals surface area contributed by atoms with Crippen LogP contribution in [0.4, 0.5) is 0 Å². The van der Waals surface area contributed by atoms with Gasteiger partial charge in [-0.25, -0.2) is 4.79 Å². The fraction of sp³-hybridized carbons (Fsp3) is 0.800. The van der Waals surface area contributed by atoms with Gasteiger partial charge in [-0.3, -0.25) is 0 Å². The van der Waals surface area contributed by atoms with E-state index in [1.54, 1.807) is 0 Å². The lowest BCUT2D eigenvalue weighted by Crippen LogP contribution is -2.30. The first kappa shape index (κ1) is 12.7. The molecule has 1 fully saturated rings. The predicted octanol–water partition coefficient (Wildman–Crippen LogP) is 0.994. The van der Waals surface area contributed by atoms with Crippen molar-refractivity contribution in [2.75, 3.05) is 19.1 Å². The molecule has 0 saturated carbocycles. The van der Waals surface area contributed by atoms with Crippen LogP contribution >= 0.6 is 9.03 Å². The van der Waals surface area contributed by atoms with Gasteiger partial charge < -0.3 is 14.0 Å². The lowest BCUT2D eigenvalue weighted by Gasteiger charge is -2.44. The normalized spacial score (nSPS) is 26.7. The predicted molar refractivity (Wildman–Crippen MR) is 63.3 cm³/mol. The highest BCUT2D eigenvalue weighted by atomic mass is 32.3. The summed E-state index contributed by atoms with van der Waals surface area (Å²) >= 11 is 0. The van der Waals surface area contributed by atoms with E-state index in [9.17, 15) is 4.79 Å². The standard InChI is InChI=1S/C10H20O4S/c1-8(11)10(12)14-15(2,3,4)9-6-5-7-13-9/h8-9,11H,2,5-7H2,1,3-4H3. The van der Waals surface area contributed by atoms with Crippen molar-refractivity contribution in [2.24, 2.45) is 0 Å². The molecule has 1 N–H and O–H groups in total. The van der Waals surface area contributed by atoms with Gasteiger partial charge in [0.25, 0.3) is 0 Å². The van der Waals surface area contributed by atoms with Crippen LogP contribution in [0.2, 0.25) is 0 Å². The number of rotatable bonds is 3. The molecule has 0 aromatic rings. The fourth-order valence-electron chi connectivity index (χ4n) is 1.52. The van der Waals surface area contributed by atoms with Crippen LogP contribution in [0, 0.1) is 0 Å². The quantitative estimate of drug-likeness (QED) is 0.743. The topological polar surface area (TPSA) is 55.8 Å². The van der Waals surface area contributed by atoms with Crippen molar-refractivity contribution < 1.29 is 18.8 Å². The van der Waals surface area contributed by atoms with Crippen molar-refractivity contribution in [3.05, 3.63) is 0 Å². The number of carbonyl (C=O) groups is 1. The summed E-state index contributed by atoms with van der Waals surface area (Å²) in [6.07, 6.45) is 4.39. The van der Waals surface area contributed by atoms with Gasteiger partial charge in [0, 0.05) is 6.61 Å². The smallest absolute Gasteiger partial charge is 0.344 e. The van der Waals surface area contributed by atoms with E-state index < -0.39 is 21.1 Å². The van der Waals surface area contributed by atoms with Crippen LogP contribution in [0.5, 0.6) is 0 Å². The van der Waals surface area contributed by atoms with Gasteiger partial charge in [-0.05, 0) is 32.3 Å². The van der Waals surface area contributed by atoms with Gasteiger partial charge in [0.15, 0.2) is 0 Å². The third-order valence-electron chi connectivity index (χ3n) is 2.40. The molecular formula is C10H20O4S. The fourth-order valence-corrected chi connectivity index (χ4v) is 3.73. The zero-order valence-electron chi connectivity index (χ0n) is 9.56. The van der Waals surface area contributed by atoms with Gasteiger partial charge in [0.05, 0.1) is 0 Å². The van der Waals surface area contributed by atoms with Crippen molar-refractivity contribution in [1.82, 2.24) is 0 Å². The van der Waals surface area contributed by atoms with Gasteiger partial charge in [0.1, 0.15) is 11.5 Å². The van der Waals surface area contributed by atoms with E-state index in [0.717, 1.165) is 12.8 Å². The van der Waals surface area contributed by atoms with Crippen LogP contribution in [0.1, 0.15) is 19.8 Å². The summed E-state index contributed by atoms with van der Waals surface area (Å²) in [5, 5.41) is 9.12. The van der Waals surface area contributed by atoms with Crippen LogP contribution < -0.4 is 0 Å². The molecule has 0 radical (unpaired) electrons. The summed E-state index contributed by atoms with van der Waals surface area (Å²) in [4.78, 5) is 11.4. The Labute approximate surface area is 90.6 Å². The maximum atomic E-state index is 11.4. The third-order valence-corrected chi connectivity index (χ3v) is 5.13. The largest absolute Gasteiger partial charge is 0.418 e. The minimum absolute atomic E-state index is 0.107. The Bertz CT molecular complexity index is 309. The molecule has 0 spiro atoms. The zero-order chi connectivity index (χ0) is 11.7. The van der Waals surface area contributed by atoms with E-state index in [2.05, 4.69) is 5.87 Å². The molecule has 2 atom stereocenters. The lowest BCUT2D eigenvalue weighted by atomic mass is 10.4. The third kappa shape index (κ3) is 3.03. The van der Waals surface area contributed by atoms with E-state index in [-0.39, 0.29) is 5.44 Å². The second-order valence-corrected chi connectivity index (χ2v) is 9.73. The number of hydrogen-bond donors (Lipinski definition) is 1. The van der Waals surface area contributed by atoms with Crippen molar-refractivity contribution in [3.8, 4) is 0 Å². The Morgan fingerprint density at radius 1 is 1.67 bits per heavy atom. The molecule has 5 heteroatoms. The molecule has 1 aliphatic heterocycles. The van der Waals surface area contributed by atoms with Gasteiger partial charge in [-0.1, -0.05) is 5.87 Å². The second-order valence-electron chi connectivity index (χ2n) is 4.69. The molecule has 1 saturated heterocycles. The molecule has 0 aromatic carbocycles. The van der Waals surface area contributed by atoms with Crippen molar-refractivity contribution in [1.29, 1.82) is 0 Å². The zero-order valence-corrected chi connectivity index (χ0v) is 10.4. The molecule has 1 heterocycles. The number of hydrogen-bond acceptors (Lipinski definition) is 4. The Morgan fingerprint density at radius 2 is 2.27 bits per heavy atom. The molecule has 15 heavy (non-hydrogen) atoms. The Hall–Kier alpha value is -0.390. The van der Waals surface area contributed by atoms with Crippen LogP contribution in [0.25, 0.3) is 0 Å². The molecule has 4 nitrogen and oxygen atoms in total. The van der Waals surface area contributed by atoms with Crippen LogP contribution in [0.15, 0.2) is 0 Å². The molecule has 0 aromatic heterocycles. The SMILES string of the molecule is C=S(C)(C)(OC(=O)C(C)O)C1CCCO1. The summed E-state index contributed by atoms with van der Waals surface area (Å²) in [5.41, 5.74) is -0.107. The summed E-state index contributed by atoms with van der Waals surface area (Å²) in [6, 6.07) is 0. The van der Waals surface area contributed by atoms with Gasteiger partial charge >= 0.3 is 5.97 Å². The number of carbonyl (C=O) groups excluding carboxylic acids is 1. The molecule has 1 rings (SSSR count). The van der Waals surface area contributed by atoms with Crippen molar-refractivity contribution in [2.45, 2.75) is 31.3 Å². The minimum Gasteiger partial charge on any atom is -0.418 e. The van der Waals surface area contributed by atoms with Crippen LogP contribution in [-0.2, 0) is 13.7 Å². The molecule has 1 aliphatic rings. The van der Waals surface area contributed by atoms with Gasteiger partial charge in [0.2, 0.25) is 0 Å². The Morgan fingerprint density at radius 3 is 2.67 bits per heavy atom. The highest BCUT2D eigenvalue weighted by Gasteiger charge is 2.37. The van der Waals surface area contributed by atoms with E-state index >= 15 is 0 Å². The molecule has 0 bridgehead atoms. The minimum atomic E-state index is -2.59. The molecule has 90 valence electrons. The number of aliphatic hydroxyl groups excluding tert-OH is 1. The summed E-state index contributed by atoms with van der Waals surface area (Å²) in [7, 11) is -2.59. The first-order chi connectivity index (χ1) is 6.71. The molecular weight excluding hydrogens is 216 g/mol. The average Bonchev–Trinajstić information content (AvgIpc) is 2.53. The van der Waals surface area contributed by atoms with E-state index in [1.165, 1.54) is 6.92 Å². The number of aliphatic hydroxyl groups is 1. The highest BCUT2D eigenvalue weighted by Crippen LogP contribution is 2.58.